The molecule has 0 bridgehead atoms. The monoisotopic (exact) mass is 1210 g/mol. The fourth-order valence-corrected chi connectivity index (χ4v) is 11.0. The van der Waals surface area contributed by atoms with Crippen LogP contribution >= 0.6 is 7.82 Å². The van der Waals surface area contributed by atoms with Gasteiger partial charge in [-0.2, -0.15) is 0 Å². The van der Waals surface area contributed by atoms with E-state index in [0.29, 0.717) is 23.9 Å². The highest BCUT2D eigenvalue weighted by atomic mass is 31.2. The van der Waals surface area contributed by atoms with Crippen molar-refractivity contribution in [2.75, 3.05) is 40.9 Å². The highest BCUT2D eigenvalue weighted by Gasteiger charge is 2.27. The molecule has 0 saturated carbocycles. The largest absolute Gasteiger partial charge is 0.756 e. The van der Waals surface area contributed by atoms with Gasteiger partial charge in [-0.05, 0) is 102 Å². The molecule has 0 aromatic heterocycles. The Kier molecular flexibility index (Phi) is 62.1. The van der Waals surface area contributed by atoms with Crippen molar-refractivity contribution in [2.24, 2.45) is 0 Å². The molecule has 1 amide bonds. The summed E-state index contributed by atoms with van der Waals surface area (Å²) < 4.78 is 30.4. The Morgan fingerprint density at radius 1 is 0.424 bits per heavy atom. The zero-order chi connectivity index (χ0) is 62.1. The molecule has 0 aliphatic carbocycles. The maximum atomic E-state index is 13.6. The fourth-order valence-electron chi connectivity index (χ4n) is 10.3. The number of unbranched alkanes of at least 4 members (excludes halogenated alkanes) is 37. The van der Waals surface area contributed by atoms with Crippen LogP contribution in [0.3, 0.4) is 0 Å². The molecule has 10 heteroatoms. The summed E-state index contributed by atoms with van der Waals surface area (Å²) >= 11 is 0. The first-order valence-corrected chi connectivity index (χ1v) is 37.4. The van der Waals surface area contributed by atoms with E-state index in [2.05, 4.69) is 99.0 Å². The minimum absolute atomic E-state index is 0.0286. The van der Waals surface area contributed by atoms with Gasteiger partial charge in [-0.25, -0.2) is 0 Å². The Morgan fingerprint density at radius 2 is 0.753 bits per heavy atom. The number of amides is 1. The number of allylic oxidation sites excluding steroid dienone is 13. The summed E-state index contributed by atoms with van der Waals surface area (Å²) in [6, 6.07) is -0.902. The minimum atomic E-state index is -4.71. The molecule has 0 aromatic carbocycles. The lowest BCUT2D eigenvalue weighted by molar-refractivity contribution is -0.870. The van der Waals surface area contributed by atoms with Crippen LogP contribution in [0.1, 0.15) is 329 Å². The third kappa shape index (κ3) is 65.5. The van der Waals surface area contributed by atoms with E-state index in [-0.39, 0.29) is 24.9 Å². The van der Waals surface area contributed by atoms with E-state index in [9.17, 15) is 19.0 Å². The van der Waals surface area contributed by atoms with E-state index < -0.39 is 26.6 Å². The third-order valence-electron chi connectivity index (χ3n) is 15.8. The number of hydrogen-bond donors (Lipinski definition) is 1. The van der Waals surface area contributed by atoms with Crippen LogP contribution in [0.15, 0.2) is 85.1 Å². The minimum Gasteiger partial charge on any atom is -0.756 e. The van der Waals surface area contributed by atoms with Crippen molar-refractivity contribution in [3.8, 4) is 0 Å². The zero-order valence-corrected chi connectivity index (χ0v) is 57.4. The number of carbonyl (C=O) groups is 2. The van der Waals surface area contributed by atoms with Crippen LogP contribution < -0.4 is 10.2 Å². The summed E-state index contributed by atoms with van der Waals surface area (Å²) in [7, 11) is 1.17. The van der Waals surface area contributed by atoms with E-state index in [0.717, 1.165) is 103 Å². The first-order valence-electron chi connectivity index (χ1n) is 35.9. The normalized spacial score (nSPS) is 14.0. The molecule has 0 aliphatic heterocycles. The summed E-state index contributed by atoms with van der Waals surface area (Å²) in [6.07, 6.45) is 85.8. The van der Waals surface area contributed by atoms with Crippen LogP contribution in [0.4, 0.5) is 0 Å². The second kappa shape index (κ2) is 64.2. The predicted octanol–water partition coefficient (Wildman–Crippen LogP) is 22.3. The fraction of sp³-hybridized carbons (Fsp3) is 0.787. The molecule has 0 fully saturated rings. The van der Waals surface area contributed by atoms with Gasteiger partial charge in [0.1, 0.15) is 19.3 Å². The Morgan fingerprint density at radius 3 is 1.14 bits per heavy atom. The smallest absolute Gasteiger partial charge is 0.306 e. The molecule has 0 spiro atoms. The summed E-state index contributed by atoms with van der Waals surface area (Å²) in [6.45, 7) is 6.73. The third-order valence-corrected chi connectivity index (χ3v) is 16.8. The Hall–Kier alpha value is -2.81. The molecule has 0 radical (unpaired) electrons. The highest BCUT2D eigenvalue weighted by molar-refractivity contribution is 7.45. The number of ether oxygens (including phenoxy) is 1. The summed E-state index contributed by atoms with van der Waals surface area (Å²) in [4.78, 5) is 40.2. The van der Waals surface area contributed by atoms with Crippen LogP contribution in [0.2, 0.25) is 0 Å². The number of rotatable bonds is 65. The number of quaternary nitrogens is 1. The van der Waals surface area contributed by atoms with E-state index in [1.807, 2.05) is 33.3 Å². The van der Waals surface area contributed by atoms with Gasteiger partial charge < -0.3 is 28.5 Å². The molecular formula is C75H137N2O7P. The summed E-state index contributed by atoms with van der Waals surface area (Å²) in [5.41, 5.74) is 0. The lowest BCUT2D eigenvalue weighted by atomic mass is 10.0. The predicted molar refractivity (Wildman–Crippen MR) is 367 cm³/mol. The molecule has 3 atom stereocenters. The average Bonchev–Trinajstić information content (AvgIpc) is 3.57. The van der Waals surface area contributed by atoms with E-state index >= 15 is 0 Å². The standard InChI is InChI=1S/C75H137N2O7P/c1-7-10-13-16-19-22-25-27-29-31-33-35-36-37-38-39-40-42-44-46-48-50-53-56-59-62-65-68-75(79)84-73(66-63-60-57-54-51-24-21-18-15-12-9-3)72(71-83-85(80,81)82-70-69-77(4,5)6)76-74(78)67-64-61-58-55-52-49-47-45-43-41-34-32-30-28-26-23-20-17-14-11-8-2/h11,14,20,23,27-30,34,41,45,47,63,66,72-73H,7-10,12-13,15-19,21-22,24-26,31-33,35-40,42-44,46,48-62,64-65,67-71H2,1-6H3,(H-,76,78,80,81)/b14-11-,23-20-,29-27+,30-28-,41-34-,47-45-,66-63-. The van der Waals surface area contributed by atoms with E-state index in [1.54, 1.807) is 0 Å². The van der Waals surface area contributed by atoms with Crippen molar-refractivity contribution in [1.29, 1.82) is 0 Å². The van der Waals surface area contributed by atoms with Crippen molar-refractivity contribution >= 4 is 19.7 Å². The summed E-state index contributed by atoms with van der Waals surface area (Å²) in [5, 5.41) is 3.03. The van der Waals surface area contributed by atoms with Crippen molar-refractivity contribution in [2.45, 2.75) is 341 Å². The number of hydrogen-bond acceptors (Lipinski definition) is 7. The summed E-state index contributed by atoms with van der Waals surface area (Å²) in [5.74, 6) is -0.556. The van der Waals surface area contributed by atoms with Gasteiger partial charge in [-0.3, -0.25) is 14.2 Å². The molecule has 0 rings (SSSR count). The Balaban J connectivity index is 5.01. The molecule has 0 aliphatic rings. The van der Waals surface area contributed by atoms with Crippen molar-refractivity contribution < 1.29 is 37.3 Å². The topological polar surface area (TPSA) is 114 Å². The molecule has 0 aromatic rings. The van der Waals surface area contributed by atoms with Gasteiger partial charge in [-0.15, -0.1) is 0 Å². The number of likely N-dealkylation sites (N-methyl/N-ethyl adjacent to an activating group) is 1. The highest BCUT2D eigenvalue weighted by Crippen LogP contribution is 2.38. The van der Waals surface area contributed by atoms with Crippen LogP contribution in [0, 0.1) is 0 Å². The number of nitrogens with zero attached hydrogens (tertiary/aromatic N) is 1. The van der Waals surface area contributed by atoms with Crippen LogP contribution in [0.5, 0.6) is 0 Å². The first-order chi connectivity index (χ1) is 41.4. The number of nitrogens with one attached hydrogen (secondary N) is 1. The van der Waals surface area contributed by atoms with Gasteiger partial charge in [0.2, 0.25) is 5.91 Å². The van der Waals surface area contributed by atoms with Crippen molar-refractivity contribution in [1.82, 2.24) is 5.32 Å². The molecule has 9 nitrogen and oxygen atoms in total. The van der Waals surface area contributed by atoms with Gasteiger partial charge in [-0.1, -0.05) is 299 Å². The SMILES string of the molecule is CC/C=C\C/C=C\C/C=C\C/C=C\C/C=C\CCCCCCCC(=O)NC(COP(=O)([O-])OCC[N+](C)(C)C)C(/C=C\CCCCCCCCCCC)OC(=O)CCCCCCCCCCCCCCCCCCC/C=C/CCCCCCCC. The molecule has 494 valence electrons. The average molecular weight is 1210 g/mol. The molecule has 0 saturated heterocycles. The molecule has 3 unspecified atom stereocenters. The zero-order valence-electron chi connectivity index (χ0n) is 56.6. The van der Waals surface area contributed by atoms with Crippen LogP contribution in [0.25, 0.3) is 0 Å². The van der Waals surface area contributed by atoms with Gasteiger partial charge >= 0.3 is 5.97 Å². The van der Waals surface area contributed by atoms with Gasteiger partial charge in [0.25, 0.3) is 7.82 Å². The molecule has 85 heavy (non-hydrogen) atoms. The second-order valence-electron chi connectivity index (χ2n) is 25.4. The van der Waals surface area contributed by atoms with Gasteiger partial charge in [0.15, 0.2) is 0 Å². The maximum Gasteiger partial charge on any atom is 0.306 e. The first kappa shape index (κ1) is 82.2. The van der Waals surface area contributed by atoms with E-state index in [1.165, 1.54) is 186 Å². The van der Waals surface area contributed by atoms with Crippen LogP contribution in [-0.2, 0) is 27.9 Å². The molecule has 1 N–H and O–H groups in total. The van der Waals surface area contributed by atoms with Gasteiger partial charge in [0.05, 0.1) is 33.8 Å². The van der Waals surface area contributed by atoms with Crippen LogP contribution in [-0.4, -0.2) is 69.4 Å². The molecular weight excluding hydrogens is 1070 g/mol. The molecule has 0 heterocycles. The lowest BCUT2D eigenvalue weighted by Crippen LogP contribution is -2.47. The number of esters is 1. The van der Waals surface area contributed by atoms with Crippen molar-refractivity contribution in [3.05, 3.63) is 85.1 Å². The number of phosphoric ester groups is 1. The quantitative estimate of drug-likeness (QED) is 0.0212. The van der Waals surface area contributed by atoms with Gasteiger partial charge in [0, 0.05) is 12.8 Å². The number of phosphoric acid groups is 1. The van der Waals surface area contributed by atoms with E-state index in [4.69, 9.17) is 13.8 Å². The lowest BCUT2D eigenvalue weighted by Gasteiger charge is -2.30. The maximum absolute atomic E-state index is 13.6. The second-order valence-corrected chi connectivity index (χ2v) is 26.8. The Labute approximate surface area is 526 Å². The Bertz CT molecular complexity index is 1730. The number of carbonyl (C=O) groups excluding carboxylic acids is 2. The van der Waals surface area contributed by atoms with Crippen molar-refractivity contribution in [3.63, 3.8) is 0 Å².